The number of sulfonamides is 1. The van der Waals surface area contributed by atoms with Crippen molar-refractivity contribution in [3.63, 3.8) is 0 Å². The molecular formula is C26H29N3O4S. The van der Waals surface area contributed by atoms with Crippen LogP contribution in [0.2, 0.25) is 0 Å². The largest absolute Gasteiger partial charge is 0.497 e. The Hall–Kier alpha value is -3.20. The average Bonchev–Trinajstić information content (AvgIpc) is 2.88. The molecule has 1 saturated heterocycles. The second-order valence-electron chi connectivity index (χ2n) is 8.22. The first-order chi connectivity index (χ1) is 16.5. The number of ether oxygens (including phenoxy) is 1. The van der Waals surface area contributed by atoms with Crippen molar-refractivity contribution in [1.29, 1.82) is 0 Å². The van der Waals surface area contributed by atoms with Gasteiger partial charge in [-0.1, -0.05) is 42.5 Å². The number of amides is 1. The second kappa shape index (κ2) is 10.8. The van der Waals surface area contributed by atoms with Gasteiger partial charge < -0.3 is 10.1 Å². The van der Waals surface area contributed by atoms with E-state index in [4.69, 9.17) is 4.74 Å². The summed E-state index contributed by atoms with van der Waals surface area (Å²) in [4.78, 5) is 15.2. The smallest absolute Gasteiger partial charge is 0.251 e. The molecule has 34 heavy (non-hydrogen) atoms. The molecule has 0 unspecified atom stereocenters. The van der Waals surface area contributed by atoms with Gasteiger partial charge in [0.15, 0.2) is 0 Å². The SMILES string of the molecule is COc1ccc(CNC(=O)c2cccc(CN3CCN(S(=O)(=O)c4ccccc4)CC3)c2)cc1. The maximum absolute atomic E-state index is 12.8. The molecule has 4 rings (SSSR count). The maximum atomic E-state index is 12.8. The molecule has 0 aromatic heterocycles. The molecule has 0 aliphatic carbocycles. The van der Waals surface area contributed by atoms with Crippen LogP contribution in [0.15, 0.2) is 83.8 Å². The van der Waals surface area contributed by atoms with Crippen molar-refractivity contribution in [1.82, 2.24) is 14.5 Å². The Morgan fingerprint density at radius 3 is 2.26 bits per heavy atom. The lowest BCUT2D eigenvalue weighted by molar-refractivity contribution is 0.0950. The minimum atomic E-state index is -3.46. The summed E-state index contributed by atoms with van der Waals surface area (Å²) < 4.78 is 32.4. The molecule has 3 aromatic rings. The zero-order valence-electron chi connectivity index (χ0n) is 19.2. The van der Waals surface area contributed by atoms with E-state index in [-0.39, 0.29) is 5.91 Å². The van der Waals surface area contributed by atoms with E-state index in [1.54, 1.807) is 41.7 Å². The summed E-state index contributed by atoms with van der Waals surface area (Å²) in [6, 6.07) is 23.7. The second-order valence-corrected chi connectivity index (χ2v) is 10.2. The Kier molecular flexibility index (Phi) is 7.62. The number of methoxy groups -OCH3 is 1. The molecule has 3 aromatic carbocycles. The van der Waals surface area contributed by atoms with E-state index >= 15 is 0 Å². The van der Waals surface area contributed by atoms with Crippen molar-refractivity contribution in [2.75, 3.05) is 33.3 Å². The van der Waals surface area contributed by atoms with E-state index in [9.17, 15) is 13.2 Å². The molecule has 0 atom stereocenters. The molecule has 0 spiro atoms. The monoisotopic (exact) mass is 479 g/mol. The third kappa shape index (κ3) is 5.83. The maximum Gasteiger partial charge on any atom is 0.251 e. The summed E-state index contributed by atoms with van der Waals surface area (Å²) in [6.07, 6.45) is 0. The molecule has 8 heteroatoms. The Labute approximate surface area is 201 Å². The average molecular weight is 480 g/mol. The quantitative estimate of drug-likeness (QED) is 0.537. The molecule has 7 nitrogen and oxygen atoms in total. The highest BCUT2D eigenvalue weighted by molar-refractivity contribution is 7.89. The molecule has 1 aliphatic heterocycles. The first-order valence-electron chi connectivity index (χ1n) is 11.2. The van der Waals surface area contributed by atoms with Crippen molar-refractivity contribution in [2.24, 2.45) is 0 Å². The summed E-state index contributed by atoms with van der Waals surface area (Å²) >= 11 is 0. The van der Waals surface area contributed by atoms with Gasteiger partial charge in [0.1, 0.15) is 5.75 Å². The van der Waals surface area contributed by atoms with E-state index in [1.807, 2.05) is 48.5 Å². The van der Waals surface area contributed by atoms with Crippen LogP contribution in [0, 0.1) is 0 Å². The van der Waals surface area contributed by atoms with Gasteiger partial charge in [0.05, 0.1) is 12.0 Å². The van der Waals surface area contributed by atoms with Crippen LogP contribution in [-0.2, 0) is 23.1 Å². The lowest BCUT2D eigenvalue weighted by Crippen LogP contribution is -2.48. The lowest BCUT2D eigenvalue weighted by Gasteiger charge is -2.34. The number of hydrogen-bond donors (Lipinski definition) is 1. The third-order valence-electron chi connectivity index (χ3n) is 5.92. The van der Waals surface area contributed by atoms with E-state index < -0.39 is 10.0 Å². The Balaban J connectivity index is 1.31. The van der Waals surface area contributed by atoms with Gasteiger partial charge in [0, 0.05) is 44.8 Å². The van der Waals surface area contributed by atoms with Crippen molar-refractivity contribution in [3.8, 4) is 5.75 Å². The fourth-order valence-electron chi connectivity index (χ4n) is 3.97. The summed E-state index contributed by atoms with van der Waals surface area (Å²) in [7, 11) is -1.84. The van der Waals surface area contributed by atoms with Gasteiger partial charge in [0.25, 0.3) is 5.91 Å². The number of rotatable bonds is 8. The van der Waals surface area contributed by atoms with Crippen LogP contribution >= 0.6 is 0 Å². The highest BCUT2D eigenvalue weighted by Gasteiger charge is 2.28. The molecule has 178 valence electrons. The van der Waals surface area contributed by atoms with E-state index in [0.29, 0.717) is 49.7 Å². The summed E-state index contributed by atoms with van der Waals surface area (Å²) in [5.41, 5.74) is 2.63. The highest BCUT2D eigenvalue weighted by Crippen LogP contribution is 2.18. The van der Waals surface area contributed by atoms with Gasteiger partial charge in [-0.25, -0.2) is 8.42 Å². The molecule has 0 radical (unpaired) electrons. The zero-order chi connectivity index (χ0) is 24.0. The van der Waals surface area contributed by atoms with Crippen LogP contribution in [0.25, 0.3) is 0 Å². The molecular weight excluding hydrogens is 450 g/mol. The number of benzene rings is 3. The first kappa shape index (κ1) is 23.9. The third-order valence-corrected chi connectivity index (χ3v) is 7.83. The van der Waals surface area contributed by atoms with Gasteiger partial charge in [0.2, 0.25) is 10.0 Å². The number of piperazine rings is 1. The van der Waals surface area contributed by atoms with Crippen LogP contribution in [0.5, 0.6) is 5.75 Å². The number of nitrogens with zero attached hydrogens (tertiary/aromatic N) is 2. The van der Waals surface area contributed by atoms with E-state index in [1.165, 1.54) is 0 Å². The number of carbonyl (C=O) groups is 1. The van der Waals surface area contributed by atoms with Crippen LogP contribution in [0.3, 0.4) is 0 Å². The number of nitrogens with one attached hydrogen (secondary N) is 1. The molecule has 1 N–H and O–H groups in total. The van der Waals surface area contributed by atoms with Crippen LogP contribution in [-0.4, -0.2) is 56.8 Å². The summed E-state index contributed by atoms with van der Waals surface area (Å²) in [5, 5.41) is 2.95. The van der Waals surface area contributed by atoms with Gasteiger partial charge in [-0.05, 0) is 47.5 Å². The van der Waals surface area contributed by atoms with Crippen molar-refractivity contribution in [3.05, 3.63) is 95.6 Å². The fraction of sp³-hybridized carbons (Fsp3) is 0.269. The minimum Gasteiger partial charge on any atom is -0.497 e. The molecule has 0 bridgehead atoms. The van der Waals surface area contributed by atoms with Gasteiger partial charge >= 0.3 is 0 Å². The Morgan fingerprint density at radius 2 is 1.59 bits per heavy atom. The van der Waals surface area contributed by atoms with Crippen molar-refractivity contribution >= 4 is 15.9 Å². The van der Waals surface area contributed by atoms with Crippen molar-refractivity contribution in [2.45, 2.75) is 18.0 Å². The zero-order valence-corrected chi connectivity index (χ0v) is 20.0. The van der Waals surface area contributed by atoms with Crippen LogP contribution in [0.4, 0.5) is 0 Å². The van der Waals surface area contributed by atoms with E-state index in [2.05, 4.69) is 10.2 Å². The van der Waals surface area contributed by atoms with Gasteiger partial charge in [-0.15, -0.1) is 0 Å². The van der Waals surface area contributed by atoms with Gasteiger partial charge in [-0.3, -0.25) is 9.69 Å². The van der Waals surface area contributed by atoms with E-state index in [0.717, 1.165) is 16.9 Å². The minimum absolute atomic E-state index is 0.128. The normalized spacial score (nSPS) is 15.1. The topological polar surface area (TPSA) is 79.0 Å². The van der Waals surface area contributed by atoms with Crippen molar-refractivity contribution < 1.29 is 17.9 Å². The molecule has 0 saturated carbocycles. The standard InChI is InChI=1S/C26H29N3O4S/c1-33-24-12-10-21(11-13-24)19-27-26(30)23-7-5-6-22(18-23)20-28-14-16-29(17-15-28)34(31,32)25-8-3-2-4-9-25/h2-13,18H,14-17,19-20H2,1H3,(H,27,30). The fourth-order valence-corrected chi connectivity index (χ4v) is 5.41. The Bertz CT molecular complexity index is 1210. The highest BCUT2D eigenvalue weighted by atomic mass is 32.2. The molecule has 1 heterocycles. The summed E-state index contributed by atoms with van der Waals surface area (Å²) in [5.74, 6) is 0.651. The molecule has 1 fully saturated rings. The summed E-state index contributed by atoms with van der Waals surface area (Å²) in [6.45, 7) is 3.27. The predicted octanol–water partition coefficient (Wildman–Crippen LogP) is 3.13. The first-order valence-corrected chi connectivity index (χ1v) is 12.7. The van der Waals surface area contributed by atoms with Gasteiger partial charge in [-0.2, -0.15) is 4.31 Å². The molecule has 1 aliphatic rings. The number of hydrogen-bond acceptors (Lipinski definition) is 5. The van der Waals surface area contributed by atoms with Crippen LogP contribution in [0.1, 0.15) is 21.5 Å². The number of carbonyl (C=O) groups excluding carboxylic acids is 1. The Morgan fingerprint density at radius 1 is 0.882 bits per heavy atom. The predicted molar refractivity (Wildman–Crippen MR) is 131 cm³/mol. The lowest BCUT2D eigenvalue weighted by atomic mass is 10.1. The molecule has 1 amide bonds. The van der Waals surface area contributed by atoms with Crippen LogP contribution < -0.4 is 10.1 Å².